The van der Waals surface area contributed by atoms with E-state index >= 15 is 0 Å². The summed E-state index contributed by atoms with van der Waals surface area (Å²) in [7, 11) is 0. The highest BCUT2D eigenvalue weighted by atomic mass is 16.3. The SMILES string of the molecule is Cc1cccc(C)c1CC1(O)CCCCC1C(C)C. The van der Waals surface area contributed by atoms with Gasteiger partial charge in [0.1, 0.15) is 0 Å². The number of aryl methyl sites for hydroxylation is 2. The van der Waals surface area contributed by atoms with E-state index in [0.717, 1.165) is 12.8 Å². The molecule has 0 saturated heterocycles. The normalized spacial score (nSPS) is 27.8. The van der Waals surface area contributed by atoms with Gasteiger partial charge in [0.25, 0.3) is 0 Å². The molecule has 1 nitrogen and oxygen atoms in total. The molecular weight excluding hydrogens is 232 g/mol. The highest BCUT2D eigenvalue weighted by Gasteiger charge is 2.40. The van der Waals surface area contributed by atoms with Crippen molar-refractivity contribution in [2.45, 2.75) is 65.4 Å². The number of rotatable bonds is 3. The summed E-state index contributed by atoms with van der Waals surface area (Å²) in [5.74, 6) is 1.01. The zero-order chi connectivity index (χ0) is 14.0. The highest BCUT2D eigenvalue weighted by molar-refractivity contribution is 5.35. The van der Waals surface area contributed by atoms with Gasteiger partial charge in [0.15, 0.2) is 0 Å². The maximum Gasteiger partial charge on any atom is 0.0718 e. The molecule has 1 aliphatic carbocycles. The Hall–Kier alpha value is -0.820. The molecule has 0 aliphatic heterocycles. The Labute approximate surface area is 118 Å². The van der Waals surface area contributed by atoms with Crippen molar-refractivity contribution in [1.29, 1.82) is 0 Å². The van der Waals surface area contributed by atoms with Crippen LogP contribution in [0.3, 0.4) is 0 Å². The van der Waals surface area contributed by atoms with E-state index in [-0.39, 0.29) is 0 Å². The molecule has 1 aromatic carbocycles. The first-order valence-electron chi connectivity index (χ1n) is 7.71. The Morgan fingerprint density at radius 2 is 1.84 bits per heavy atom. The van der Waals surface area contributed by atoms with Crippen LogP contribution in [-0.2, 0) is 6.42 Å². The van der Waals surface area contributed by atoms with Crippen molar-refractivity contribution >= 4 is 0 Å². The van der Waals surface area contributed by atoms with Crippen LogP contribution in [0.15, 0.2) is 18.2 Å². The predicted octanol–water partition coefficient (Wildman–Crippen LogP) is 4.42. The third-order valence-corrected chi connectivity index (χ3v) is 5.00. The molecule has 1 saturated carbocycles. The van der Waals surface area contributed by atoms with E-state index in [4.69, 9.17) is 0 Å². The molecule has 1 fully saturated rings. The molecule has 0 spiro atoms. The predicted molar refractivity (Wildman–Crippen MR) is 81.4 cm³/mol. The molecule has 1 N–H and O–H groups in total. The zero-order valence-electron chi connectivity index (χ0n) is 12.9. The van der Waals surface area contributed by atoms with Gasteiger partial charge in [0, 0.05) is 6.42 Å². The fraction of sp³-hybridized carbons (Fsp3) is 0.667. The highest BCUT2D eigenvalue weighted by Crippen LogP contribution is 2.41. The molecule has 1 aliphatic rings. The minimum Gasteiger partial charge on any atom is -0.389 e. The summed E-state index contributed by atoms with van der Waals surface area (Å²) >= 11 is 0. The third-order valence-electron chi connectivity index (χ3n) is 5.00. The van der Waals surface area contributed by atoms with Crippen LogP contribution < -0.4 is 0 Å². The van der Waals surface area contributed by atoms with Crippen molar-refractivity contribution in [3.63, 3.8) is 0 Å². The van der Waals surface area contributed by atoms with Gasteiger partial charge in [0.2, 0.25) is 0 Å². The van der Waals surface area contributed by atoms with E-state index in [2.05, 4.69) is 45.9 Å². The lowest BCUT2D eigenvalue weighted by molar-refractivity contribution is -0.0654. The van der Waals surface area contributed by atoms with E-state index in [1.807, 2.05) is 0 Å². The molecule has 1 aromatic rings. The number of hydrogen-bond acceptors (Lipinski definition) is 1. The standard InChI is InChI=1S/C18H28O/c1-13(2)17-10-5-6-11-18(17,19)12-16-14(3)8-7-9-15(16)4/h7-9,13,17,19H,5-6,10-12H2,1-4H3. The van der Waals surface area contributed by atoms with Crippen molar-refractivity contribution in [2.75, 3.05) is 0 Å². The van der Waals surface area contributed by atoms with Crippen LogP contribution in [0.25, 0.3) is 0 Å². The lowest BCUT2D eigenvalue weighted by Gasteiger charge is -2.43. The Morgan fingerprint density at radius 3 is 2.42 bits per heavy atom. The number of benzene rings is 1. The van der Waals surface area contributed by atoms with Gasteiger partial charge in [-0.15, -0.1) is 0 Å². The van der Waals surface area contributed by atoms with Gasteiger partial charge in [-0.1, -0.05) is 44.9 Å². The fourth-order valence-electron chi connectivity index (χ4n) is 3.86. The Bertz CT molecular complexity index is 415. The summed E-state index contributed by atoms with van der Waals surface area (Å²) < 4.78 is 0. The third kappa shape index (κ3) is 3.02. The summed E-state index contributed by atoms with van der Waals surface area (Å²) in [6.45, 7) is 8.84. The second kappa shape index (κ2) is 5.66. The molecule has 0 amide bonds. The van der Waals surface area contributed by atoms with E-state index in [0.29, 0.717) is 11.8 Å². The maximum absolute atomic E-state index is 11.2. The van der Waals surface area contributed by atoms with Crippen molar-refractivity contribution in [3.8, 4) is 0 Å². The van der Waals surface area contributed by atoms with Gasteiger partial charge < -0.3 is 5.11 Å². The van der Waals surface area contributed by atoms with E-state index in [9.17, 15) is 5.11 Å². The minimum absolute atomic E-state index is 0.445. The lowest BCUT2D eigenvalue weighted by atomic mass is 9.67. The number of hydrogen-bond donors (Lipinski definition) is 1. The Balaban J connectivity index is 2.28. The first kappa shape index (κ1) is 14.6. The van der Waals surface area contributed by atoms with Crippen LogP contribution in [0.5, 0.6) is 0 Å². The average molecular weight is 260 g/mol. The van der Waals surface area contributed by atoms with Crippen molar-refractivity contribution in [1.82, 2.24) is 0 Å². The van der Waals surface area contributed by atoms with Crippen molar-refractivity contribution in [3.05, 3.63) is 34.9 Å². The zero-order valence-corrected chi connectivity index (χ0v) is 12.9. The number of aliphatic hydroxyl groups is 1. The summed E-state index contributed by atoms with van der Waals surface area (Å²) in [4.78, 5) is 0. The monoisotopic (exact) mass is 260 g/mol. The summed E-state index contributed by atoms with van der Waals surface area (Å²) in [6, 6.07) is 6.44. The lowest BCUT2D eigenvalue weighted by Crippen LogP contribution is -2.45. The van der Waals surface area contributed by atoms with Gasteiger partial charge in [-0.25, -0.2) is 0 Å². The summed E-state index contributed by atoms with van der Waals surface area (Å²) in [5, 5.41) is 11.2. The molecule has 2 rings (SSSR count). The smallest absolute Gasteiger partial charge is 0.0718 e. The topological polar surface area (TPSA) is 20.2 Å². The van der Waals surface area contributed by atoms with E-state index in [1.54, 1.807) is 0 Å². The molecular formula is C18H28O. The second-order valence-corrected chi connectivity index (χ2v) is 6.75. The minimum atomic E-state index is -0.497. The van der Waals surface area contributed by atoms with Gasteiger partial charge in [0.05, 0.1) is 5.60 Å². The first-order valence-corrected chi connectivity index (χ1v) is 7.71. The van der Waals surface area contributed by atoms with Crippen LogP contribution in [-0.4, -0.2) is 10.7 Å². The first-order chi connectivity index (χ1) is 8.94. The molecule has 2 atom stereocenters. The Kier molecular flexibility index (Phi) is 4.35. The van der Waals surface area contributed by atoms with Gasteiger partial charge in [-0.3, -0.25) is 0 Å². The van der Waals surface area contributed by atoms with Crippen LogP contribution >= 0.6 is 0 Å². The molecule has 0 bridgehead atoms. The average Bonchev–Trinajstić information content (AvgIpc) is 2.34. The molecule has 19 heavy (non-hydrogen) atoms. The van der Waals surface area contributed by atoms with Crippen LogP contribution in [0.4, 0.5) is 0 Å². The van der Waals surface area contributed by atoms with Crippen LogP contribution in [0.1, 0.15) is 56.2 Å². The maximum atomic E-state index is 11.2. The quantitative estimate of drug-likeness (QED) is 0.852. The van der Waals surface area contributed by atoms with Crippen LogP contribution in [0, 0.1) is 25.7 Å². The van der Waals surface area contributed by atoms with E-state index in [1.165, 1.54) is 36.0 Å². The fourth-order valence-corrected chi connectivity index (χ4v) is 3.86. The molecule has 106 valence electrons. The van der Waals surface area contributed by atoms with Crippen LogP contribution in [0.2, 0.25) is 0 Å². The van der Waals surface area contributed by atoms with E-state index < -0.39 is 5.60 Å². The van der Waals surface area contributed by atoms with Gasteiger partial charge >= 0.3 is 0 Å². The van der Waals surface area contributed by atoms with Crippen molar-refractivity contribution in [2.24, 2.45) is 11.8 Å². The molecule has 2 unspecified atom stereocenters. The Morgan fingerprint density at radius 1 is 1.21 bits per heavy atom. The molecule has 0 aromatic heterocycles. The molecule has 0 radical (unpaired) electrons. The van der Waals surface area contributed by atoms with Crippen molar-refractivity contribution < 1.29 is 5.11 Å². The molecule has 0 heterocycles. The summed E-state index contributed by atoms with van der Waals surface area (Å²) in [6.07, 6.45) is 5.42. The molecule has 1 heteroatoms. The largest absolute Gasteiger partial charge is 0.389 e. The van der Waals surface area contributed by atoms with Gasteiger partial charge in [-0.2, -0.15) is 0 Å². The van der Waals surface area contributed by atoms with Gasteiger partial charge in [-0.05, 0) is 55.2 Å². The second-order valence-electron chi connectivity index (χ2n) is 6.75. The summed E-state index contributed by atoms with van der Waals surface area (Å²) in [5.41, 5.74) is 3.50.